The number of nitrogens with one attached hydrogen (secondary N) is 2. The Kier molecular flexibility index (Phi) is 8.81. The topological polar surface area (TPSA) is 90.8 Å². The molecular formula is C35H41N3O3. The number of carboxylic acids is 1. The van der Waals surface area contributed by atoms with Crippen molar-refractivity contribution in [3.8, 4) is 0 Å². The van der Waals surface area contributed by atoms with Gasteiger partial charge in [0.25, 0.3) is 5.91 Å². The largest absolute Gasteiger partial charge is 0.480 e. The van der Waals surface area contributed by atoms with Crippen LogP contribution in [0, 0.1) is 5.41 Å². The van der Waals surface area contributed by atoms with Crippen LogP contribution in [0.25, 0.3) is 5.57 Å². The van der Waals surface area contributed by atoms with Crippen molar-refractivity contribution in [1.82, 2.24) is 10.6 Å². The van der Waals surface area contributed by atoms with Crippen molar-refractivity contribution in [2.45, 2.75) is 65.8 Å². The molecule has 214 valence electrons. The van der Waals surface area contributed by atoms with E-state index in [1.165, 1.54) is 5.56 Å². The molecule has 41 heavy (non-hydrogen) atoms. The van der Waals surface area contributed by atoms with Gasteiger partial charge >= 0.3 is 5.97 Å². The van der Waals surface area contributed by atoms with Crippen molar-refractivity contribution in [2.24, 2.45) is 10.4 Å². The number of aliphatic carboxylic acids is 1. The number of carbonyl (C=O) groups excluding carboxylic acids is 1. The van der Waals surface area contributed by atoms with Gasteiger partial charge in [-0.25, -0.2) is 9.79 Å². The molecule has 3 N–H and O–H groups in total. The van der Waals surface area contributed by atoms with Crippen LogP contribution in [0.1, 0.15) is 79.7 Å². The van der Waals surface area contributed by atoms with Crippen molar-refractivity contribution in [3.63, 3.8) is 0 Å². The van der Waals surface area contributed by atoms with E-state index in [1.54, 1.807) is 12.1 Å². The lowest BCUT2D eigenvalue weighted by molar-refractivity contribution is -0.139. The summed E-state index contributed by atoms with van der Waals surface area (Å²) in [7, 11) is 0. The number of aliphatic imine (C=N–C) groups is 1. The predicted octanol–water partition coefficient (Wildman–Crippen LogP) is 6.39. The third-order valence-electron chi connectivity index (χ3n) is 7.14. The third kappa shape index (κ3) is 8.16. The SMILES string of the molecule is CC(C)(C)Cc1ccc(C(=O)N[C@@H](Cc2ccc(C3=NC=C(c4ccc(C(C)(C)C)cc4)CN3)cc2)C(=O)O)cc1. The summed E-state index contributed by atoms with van der Waals surface area (Å²) >= 11 is 0. The Hall–Kier alpha value is -4.19. The van der Waals surface area contributed by atoms with Gasteiger partial charge in [0.15, 0.2) is 0 Å². The monoisotopic (exact) mass is 551 g/mol. The van der Waals surface area contributed by atoms with E-state index in [1.807, 2.05) is 42.6 Å². The molecule has 0 aliphatic carbocycles. The third-order valence-corrected chi connectivity index (χ3v) is 7.14. The summed E-state index contributed by atoms with van der Waals surface area (Å²) in [6.45, 7) is 13.8. The zero-order valence-electron chi connectivity index (χ0n) is 24.9. The van der Waals surface area contributed by atoms with Gasteiger partial charge in [-0.3, -0.25) is 4.79 Å². The molecule has 0 spiro atoms. The highest BCUT2D eigenvalue weighted by molar-refractivity contribution is 6.01. The number of benzene rings is 3. The lowest BCUT2D eigenvalue weighted by Gasteiger charge is -2.21. The molecule has 0 aromatic heterocycles. The lowest BCUT2D eigenvalue weighted by Crippen LogP contribution is -2.42. The van der Waals surface area contributed by atoms with Gasteiger partial charge < -0.3 is 15.7 Å². The molecular weight excluding hydrogens is 510 g/mol. The number of carboxylic acid groups (broad SMARTS) is 1. The number of amidine groups is 1. The van der Waals surface area contributed by atoms with E-state index < -0.39 is 17.9 Å². The van der Waals surface area contributed by atoms with Gasteiger partial charge in [-0.05, 0) is 57.2 Å². The van der Waals surface area contributed by atoms with Crippen LogP contribution in [0.3, 0.4) is 0 Å². The van der Waals surface area contributed by atoms with Crippen molar-refractivity contribution in [1.29, 1.82) is 0 Å². The molecule has 3 aromatic carbocycles. The Morgan fingerprint density at radius 1 is 0.854 bits per heavy atom. The van der Waals surface area contributed by atoms with Gasteiger partial charge in [0, 0.05) is 30.3 Å². The molecule has 1 atom stereocenters. The van der Waals surface area contributed by atoms with E-state index in [2.05, 4.69) is 81.4 Å². The molecule has 1 amide bonds. The molecule has 1 aliphatic heterocycles. The summed E-state index contributed by atoms with van der Waals surface area (Å²) in [5.41, 5.74) is 7.14. The van der Waals surface area contributed by atoms with Gasteiger partial charge in [-0.2, -0.15) is 0 Å². The van der Waals surface area contributed by atoms with E-state index in [0.717, 1.165) is 40.1 Å². The first kappa shape index (κ1) is 29.8. The number of rotatable bonds is 8. The van der Waals surface area contributed by atoms with Gasteiger partial charge in [0.2, 0.25) is 0 Å². The number of hydrogen-bond donors (Lipinski definition) is 3. The van der Waals surface area contributed by atoms with Crippen molar-refractivity contribution < 1.29 is 14.7 Å². The molecule has 0 fully saturated rings. The van der Waals surface area contributed by atoms with E-state index in [9.17, 15) is 14.7 Å². The number of carbonyl (C=O) groups is 2. The molecule has 0 bridgehead atoms. The van der Waals surface area contributed by atoms with E-state index in [0.29, 0.717) is 12.1 Å². The fraction of sp³-hybridized carbons (Fsp3) is 0.343. The minimum absolute atomic E-state index is 0.115. The highest BCUT2D eigenvalue weighted by Gasteiger charge is 2.22. The van der Waals surface area contributed by atoms with Crippen molar-refractivity contribution >= 4 is 23.3 Å². The summed E-state index contributed by atoms with van der Waals surface area (Å²) in [6, 6.07) is 22.6. The summed E-state index contributed by atoms with van der Waals surface area (Å²) in [5, 5.41) is 15.9. The normalized spacial score (nSPS) is 14.4. The summed E-state index contributed by atoms with van der Waals surface area (Å²) in [4.78, 5) is 29.4. The molecule has 6 nitrogen and oxygen atoms in total. The fourth-order valence-corrected chi connectivity index (χ4v) is 4.81. The van der Waals surface area contributed by atoms with Gasteiger partial charge in [0.1, 0.15) is 11.9 Å². The Balaban J connectivity index is 1.38. The van der Waals surface area contributed by atoms with Gasteiger partial charge in [0.05, 0.1) is 0 Å². The first-order chi connectivity index (χ1) is 19.3. The Morgan fingerprint density at radius 3 is 1.95 bits per heavy atom. The maximum Gasteiger partial charge on any atom is 0.326 e. The minimum Gasteiger partial charge on any atom is -0.480 e. The standard InChI is InChI=1S/C35H41N3O3/c1-34(2,3)20-24-9-13-27(14-10-24)32(39)38-30(33(40)41)19-23-7-11-26(12-8-23)31-36-21-28(22-37-31)25-15-17-29(18-16-25)35(4,5)6/h7-18,21,30H,19-20,22H2,1-6H3,(H,36,37)(H,38,39)(H,40,41)/t30-/m0/s1. The number of hydrogen-bond acceptors (Lipinski definition) is 4. The minimum atomic E-state index is -1.07. The number of amides is 1. The molecule has 1 heterocycles. The van der Waals surface area contributed by atoms with Crippen molar-refractivity contribution in [3.05, 3.63) is 112 Å². The smallest absolute Gasteiger partial charge is 0.326 e. The fourth-order valence-electron chi connectivity index (χ4n) is 4.81. The highest BCUT2D eigenvalue weighted by atomic mass is 16.4. The summed E-state index contributed by atoms with van der Waals surface area (Å²) < 4.78 is 0. The van der Waals surface area contributed by atoms with Gasteiger partial charge in [-0.15, -0.1) is 0 Å². The Labute approximate surface area is 243 Å². The second kappa shape index (κ2) is 12.1. The summed E-state index contributed by atoms with van der Waals surface area (Å²) in [6.07, 6.45) is 2.98. The Morgan fingerprint density at radius 2 is 1.44 bits per heavy atom. The second-order valence-electron chi connectivity index (χ2n) is 13.0. The van der Waals surface area contributed by atoms with Crippen LogP contribution in [0.5, 0.6) is 0 Å². The van der Waals surface area contributed by atoms with Crippen LogP contribution in [0.2, 0.25) is 0 Å². The van der Waals surface area contributed by atoms with Crippen LogP contribution in [-0.4, -0.2) is 35.4 Å². The first-order valence-electron chi connectivity index (χ1n) is 14.1. The van der Waals surface area contributed by atoms with E-state index in [-0.39, 0.29) is 17.3 Å². The van der Waals surface area contributed by atoms with E-state index >= 15 is 0 Å². The van der Waals surface area contributed by atoms with Gasteiger partial charge in [-0.1, -0.05) is 102 Å². The van der Waals surface area contributed by atoms with E-state index in [4.69, 9.17) is 0 Å². The number of nitrogens with zero attached hydrogens (tertiary/aromatic N) is 1. The molecule has 0 radical (unpaired) electrons. The molecule has 4 rings (SSSR count). The molecule has 6 heteroatoms. The van der Waals surface area contributed by atoms with Crippen LogP contribution in [0.15, 0.2) is 84.0 Å². The lowest BCUT2D eigenvalue weighted by atomic mass is 9.86. The highest BCUT2D eigenvalue weighted by Crippen LogP contribution is 2.25. The molecule has 0 saturated heterocycles. The average Bonchev–Trinajstić information content (AvgIpc) is 2.92. The Bertz CT molecular complexity index is 1440. The zero-order chi connectivity index (χ0) is 29.8. The maximum atomic E-state index is 12.8. The van der Waals surface area contributed by atoms with Crippen LogP contribution in [0.4, 0.5) is 0 Å². The quantitative estimate of drug-likeness (QED) is 0.303. The molecule has 0 unspecified atom stereocenters. The molecule has 3 aromatic rings. The molecule has 0 saturated carbocycles. The van der Waals surface area contributed by atoms with Crippen molar-refractivity contribution in [2.75, 3.05) is 6.54 Å². The summed E-state index contributed by atoms with van der Waals surface area (Å²) in [5.74, 6) is -0.698. The first-order valence-corrected chi connectivity index (χ1v) is 14.1. The second-order valence-corrected chi connectivity index (χ2v) is 13.0. The van der Waals surface area contributed by atoms with Crippen LogP contribution >= 0.6 is 0 Å². The predicted molar refractivity (Wildman–Crippen MR) is 166 cm³/mol. The maximum absolute atomic E-state index is 12.8. The van der Waals surface area contributed by atoms with Crippen LogP contribution in [-0.2, 0) is 23.1 Å². The molecule has 1 aliphatic rings. The zero-order valence-corrected chi connectivity index (χ0v) is 24.9. The van der Waals surface area contributed by atoms with Crippen LogP contribution < -0.4 is 10.6 Å². The average molecular weight is 552 g/mol.